The number of esters is 1. The van der Waals surface area contributed by atoms with Crippen LogP contribution in [0.2, 0.25) is 0 Å². The number of nitro benzene ring substituents is 1. The van der Waals surface area contributed by atoms with Gasteiger partial charge >= 0.3 is 13.7 Å². The van der Waals surface area contributed by atoms with E-state index >= 15 is 0 Å². The van der Waals surface area contributed by atoms with Gasteiger partial charge in [0.15, 0.2) is 0 Å². The van der Waals surface area contributed by atoms with Crippen molar-refractivity contribution < 1.29 is 28.1 Å². The van der Waals surface area contributed by atoms with Crippen molar-refractivity contribution >= 4 is 42.0 Å². The molecule has 0 spiro atoms. The molecule has 1 N–H and O–H groups in total. The molecule has 0 heterocycles. The van der Waals surface area contributed by atoms with Gasteiger partial charge < -0.3 is 13.8 Å². The standard InChI is InChI=1S/C18H20IN2O7P/c1-12(2)26-18(22)13(3)20-29(25,27-16-8-4-14(19)5-9-16)28-17-10-6-15(7-11-17)21(23)24/h4-13H,1-3H3,(H,20,25)/t13-,29?/m0/s1. The van der Waals surface area contributed by atoms with Gasteiger partial charge in [-0.3, -0.25) is 14.9 Å². The van der Waals surface area contributed by atoms with Crippen LogP contribution in [0.1, 0.15) is 20.8 Å². The first-order valence-electron chi connectivity index (χ1n) is 8.55. The summed E-state index contributed by atoms with van der Waals surface area (Å²) < 4.78 is 30.4. The highest BCUT2D eigenvalue weighted by atomic mass is 127. The molecule has 2 rings (SSSR count). The number of hydrogen-bond donors (Lipinski definition) is 1. The van der Waals surface area contributed by atoms with Gasteiger partial charge in [0.25, 0.3) is 5.69 Å². The van der Waals surface area contributed by atoms with Crippen LogP contribution < -0.4 is 14.1 Å². The van der Waals surface area contributed by atoms with E-state index in [1.165, 1.54) is 31.2 Å². The molecular weight excluding hydrogens is 514 g/mol. The van der Waals surface area contributed by atoms with Crippen LogP contribution in [0.15, 0.2) is 48.5 Å². The highest BCUT2D eigenvalue weighted by molar-refractivity contribution is 14.1. The molecule has 2 aromatic carbocycles. The van der Waals surface area contributed by atoms with Crippen LogP contribution in [0.4, 0.5) is 5.69 Å². The molecule has 9 nitrogen and oxygen atoms in total. The number of benzene rings is 2. The fraction of sp³-hybridized carbons (Fsp3) is 0.278. The number of carbonyl (C=O) groups is 1. The summed E-state index contributed by atoms with van der Waals surface area (Å²) in [5, 5.41) is 13.3. The van der Waals surface area contributed by atoms with E-state index in [-0.39, 0.29) is 23.3 Å². The molecule has 0 radical (unpaired) electrons. The average molecular weight is 534 g/mol. The predicted molar refractivity (Wildman–Crippen MR) is 115 cm³/mol. The number of ether oxygens (including phenoxy) is 1. The van der Waals surface area contributed by atoms with E-state index in [9.17, 15) is 19.5 Å². The smallest absolute Gasteiger partial charge is 0.462 e. The van der Waals surface area contributed by atoms with Gasteiger partial charge in [0.2, 0.25) is 0 Å². The van der Waals surface area contributed by atoms with Crippen LogP contribution in [0.3, 0.4) is 0 Å². The zero-order chi connectivity index (χ0) is 21.6. The van der Waals surface area contributed by atoms with E-state index in [2.05, 4.69) is 27.7 Å². The van der Waals surface area contributed by atoms with Gasteiger partial charge in [-0.1, -0.05) is 0 Å². The Morgan fingerprint density at radius 2 is 1.52 bits per heavy atom. The van der Waals surface area contributed by atoms with Gasteiger partial charge in [0.05, 0.1) is 11.0 Å². The first kappa shape index (κ1) is 23.1. The number of hydrogen-bond acceptors (Lipinski definition) is 7. The number of carbonyl (C=O) groups excluding carboxylic acids is 1. The van der Waals surface area contributed by atoms with Crippen LogP contribution in [-0.2, 0) is 14.1 Å². The van der Waals surface area contributed by atoms with Crippen molar-refractivity contribution in [3.05, 3.63) is 62.2 Å². The molecule has 11 heteroatoms. The number of nitro groups is 1. The molecule has 0 aliphatic rings. The Bertz CT molecular complexity index is 903. The van der Waals surface area contributed by atoms with Crippen molar-refractivity contribution in [1.29, 1.82) is 0 Å². The first-order chi connectivity index (χ1) is 13.6. The molecule has 0 aliphatic carbocycles. The Hall–Kier alpha value is -2.17. The number of halogens is 1. The Balaban J connectivity index is 2.25. The third-order valence-corrected chi connectivity index (χ3v) is 5.69. The summed E-state index contributed by atoms with van der Waals surface area (Å²) in [5.74, 6) is -0.298. The van der Waals surface area contributed by atoms with Crippen molar-refractivity contribution in [2.24, 2.45) is 0 Å². The van der Waals surface area contributed by atoms with E-state index in [1.54, 1.807) is 38.1 Å². The summed E-state index contributed by atoms with van der Waals surface area (Å²) in [7, 11) is -4.09. The molecule has 0 saturated carbocycles. The van der Waals surface area contributed by atoms with Crippen LogP contribution >= 0.6 is 30.3 Å². The van der Waals surface area contributed by atoms with Gasteiger partial charge in [-0.15, -0.1) is 0 Å². The van der Waals surface area contributed by atoms with E-state index in [0.29, 0.717) is 0 Å². The third kappa shape index (κ3) is 7.30. The van der Waals surface area contributed by atoms with Gasteiger partial charge in [-0.2, -0.15) is 5.09 Å². The average Bonchev–Trinajstić information content (AvgIpc) is 2.63. The summed E-state index contributed by atoms with van der Waals surface area (Å²) in [6.07, 6.45) is -0.348. The molecular formula is C18H20IN2O7P. The summed E-state index contributed by atoms with van der Waals surface area (Å²) in [6.45, 7) is 4.85. The number of rotatable bonds is 9. The molecule has 0 amide bonds. The van der Waals surface area contributed by atoms with E-state index in [0.717, 1.165) is 3.57 Å². The number of nitrogens with one attached hydrogen (secondary N) is 1. The zero-order valence-electron chi connectivity index (χ0n) is 15.9. The van der Waals surface area contributed by atoms with Crippen LogP contribution in [0, 0.1) is 13.7 Å². The Kier molecular flexibility index (Phi) is 8.00. The minimum absolute atomic E-state index is 0.0707. The fourth-order valence-corrected chi connectivity index (χ4v) is 3.98. The van der Waals surface area contributed by atoms with Gasteiger partial charge in [-0.25, -0.2) is 4.57 Å². The maximum absolute atomic E-state index is 13.4. The lowest BCUT2D eigenvalue weighted by Gasteiger charge is -2.23. The van der Waals surface area contributed by atoms with Crippen LogP contribution in [0.5, 0.6) is 11.5 Å². The minimum atomic E-state index is -4.09. The third-order valence-electron chi connectivity index (χ3n) is 3.37. The molecule has 29 heavy (non-hydrogen) atoms. The van der Waals surface area contributed by atoms with E-state index in [4.69, 9.17) is 13.8 Å². The van der Waals surface area contributed by atoms with Gasteiger partial charge in [0.1, 0.15) is 17.5 Å². The normalized spacial score (nSPS) is 14.0. The Labute approximate surface area is 181 Å². The first-order valence-corrected chi connectivity index (χ1v) is 11.2. The lowest BCUT2D eigenvalue weighted by atomic mass is 10.3. The quantitative estimate of drug-likeness (QED) is 0.162. The van der Waals surface area contributed by atoms with Crippen molar-refractivity contribution in [3.63, 3.8) is 0 Å². The maximum Gasteiger partial charge on any atom is 0.513 e. The number of nitrogens with zero attached hydrogens (tertiary/aromatic N) is 1. The summed E-state index contributed by atoms with van der Waals surface area (Å²) in [5.41, 5.74) is -0.146. The van der Waals surface area contributed by atoms with Crippen molar-refractivity contribution in [1.82, 2.24) is 5.09 Å². The number of non-ortho nitro benzene ring substituents is 1. The molecule has 2 aromatic rings. The summed E-state index contributed by atoms with van der Waals surface area (Å²) in [6, 6.07) is 10.7. The molecule has 2 atom stereocenters. The molecule has 1 unspecified atom stereocenters. The van der Waals surface area contributed by atoms with Crippen molar-refractivity contribution in [2.75, 3.05) is 0 Å². The van der Waals surface area contributed by atoms with Crippen LogP contribution in [-0.4, -0.2) is 23.0 Å². The molecule has 0 bridgehead atoms. The van der Waals surface area contributed by atoms with E-state index < -0.39 is 24.7 Å². The highest BCUT2D eigenvalue weighted by Gasteiger charge is 2.34. The lowest BCUT2D eigenvalue weighted by molar-refractivity contribution is -0.384. The lowest BCUT2D eigenvalue weighted by Crippen LogP contribution is -2.36. The van der Waals surface area contributed by atoms with Crippen molar-refractivity contribution in [3.8, 4) is 11.5 Å². The monoisotopic (exact) mass is 534 g/mol. The predicted octanol–water partition coefficient (Wildman–Crippen LogP) is 4.70. The molecule has 0 aliphatic heterocycles. The molecule has 156 valence electrons. The maximum atomic E-state index is 13.4. The topological polar surface area (TPSA) is 117 Å². The summed E-state index contributed by atoms with van der Waals surface area (Å²) >= 11 is 2.11. The SMILES string of the molecule is CC(C)OC(=O)[C@H](C)NP(=O)(Oc1ccc(I)cc1)Oc1ccc([N+](=O)[O-])cc1. The summed E-state index contributed by atoms with van der Waals surface area (Å²) in [4.78, 5) is 22.3. The molecule has 0 aromatic heterocycles. The fourth-order valence-electron chi connectivity index (χ4n) is 2.10. The zero-order valence-corrected chi connectivity index (χ0v) is 19.0. The second-order valence-corrected chi connectivity index (χ2v) is 9.09. The highest BCUT2D eigenvalue weighted by Crippen LogP contribution is 2.45. The Morgan fingerprint density at radius 3 is 1.97 bits per heavy atom. The largest absolute Gasteiger partial charge is 0.513 e. The van der Waals surface area contributed by atoms with Gasteiger partial charge in [0, 0.05) is 15.7 Å². The molecule has 0 saturated heterocycles. The minimum Gasteiger partial charge on any atom is -0.462 e. The second-order valence-electron chi connectivity index (χ2n) is 6.22. The van der Waals surface area contributed by atoms with Crippen LogP contribution in [0.25, 0.3) is 0 Å². The Morgan fingerprint density at radius 1 is 1.03 bits per heavy atom. The molecule has 0 fully saturated rings. The van der Waals surface area contributed by atoms with Crippen molar-refractivity contribution in [2.45, 2.75) is 32.9 Å². The van der Waals surface area contributed by atoms with Gasteiger partial charge in [-0.05, 0) is 79.8 Å². The second kappa shape index (κ2) is 10.0. The van der Waals surface area contributed by atoms with E-state index in [1.807, 2.05) is 0 Å².